The van der Waals surface area contributed by atoms with Crippen LogP contribution >= 0.6 is 0 Å². The third kappa shape index (κ3) is 6.39. The van der Waals surface area contributed by atoms with Crippen molar-refractivity contribution in [2.24, 2.45) is 0 Å². The summed E-state index contributed by atoms with van der Waals surface area (Å²) in [5, 5.41) is 0. The molecule has 0 bridgehead atoms. The van der Waals surface area contributed by atoms with Gasteiger partial charge in [0.25, 0.3) is 0 Å². The maximum absolute atomic E-state index is 3.32. The molecule has 1 radical (unpaired) electrons. The molecule has 0 saturated carbocycles. The van der Waals surface area contributed by atoms with Gasteiger partial charge in [-0.25, -0.2) is 0 Å². The smallest absolute Gasteiger partial charge is 0.0245 e. The van der Waals surface area contributed by atoms with Crippen LogP contribution in [0.25, 0.3) is 0 Å². The molecule has 0 unspecified atom stereocenters. The highest BCUT2D eigenvalue weighted by Gasteiger charge is 1.84. The van der Waals surface area contributed by atoms with E-state index in [1.807, 2.05) is 0 Å². The molecule has 0 atom stereocenters. The summed E-state index contributed by atoms with van der Waals surface area (Å²) in [7, 11) is 0. The van der Waals surface area contributed by atoms with Gasteiger partial charge in [0, 0.05) is 0 Å². The first-order valence-corrected chi connectivity index (χ1v) is 5.35. The normalized spacial score (nSPS) is 20.3. The quantitative estimate of drug-likeness (QED) is 0.484. The van der Waals surface area contributed by atoms with Crippen LogP contribution in [0.3, 0.4) is 0 Å². The van der Waals surface area contributed by atoms with Gasteiger partial charge in [-0.2, -0.15) is 0 Å². The minimum Gasteiger partial charge on any atom is -0.0885 e. The Labute approximate surface area is 82.0 Å². The summed E-state index contributed by atoms with van der Waals surface area (Å²) < 4.78 is 0. The van der Waals surface area contributed by atoms with Crippen molar-refractivity contribution in [1.29, 1.82) is 0 Å². The summed E-state index contributed by atoms with van der Waals surface area (Å²) in [6.07, 6.45) is 23.0. The Bertz CT molecular complexity index is 164. The first-order chi connectivity index (χ1) is 6.50. The van der Waals surface area contributed by atoms with Gasteiger partial charge >= 0.3 is 0 Å². The molecule has 71 valence electrons. The van der Waals surface area contributed by atoms with E-state index in [4.69, 9.17) is 0 Å². The number of allylic oxidation sites excluding steroid dienone is 6. The van der Waals surface area contributed by atoms with Gasteiger partial charge in [0.1, 0.15) is 0 Å². The molecule has 0 N–H and O–H groups in total. The van der Waals surface area contributed by atoms with Crippen molar-refractivity contribution >= 4 is 0 Å². The minimum absolute atomic E-state index is 1.09. The van der Waals surface area contributed by atoms with Crippen LogP contribution in [0.4, 0.5) is 0 Å². The zero-order valence-corrected chi connectivity index (χ0v) is 8.34. The third-order valence-corrected chi connectivity index (χ3v) is 2.15. The molecule has 0 aliphatic heterocycles. The molecular weight excluding hydrogens is 156 g/mol. The molecule has 0 amide bonds. The Hall–Kier alpha value is -0.780. The van der Waals surface area contributed by atoms with Crippen molar-refractivity contribution in [1.82, 2.24) is 0 Å². The average Bonchev–Trinajstić information content (AvgIpc) is 2.18. The molecule has 0 heteroatoms. The van der Waals surface area contributed by atoms with Crippen molar-refractivity contribution in [2.45, 2.75) is 44.9 Å². The molecule has 1 rings (SSSR count). The second-order valence-corrected chi connectivity index (χ2v) is 3.40. The van der Waals surface area contributed by atoms with Crippen LogP contribution in [0.2, 0.25) is 0 Å². The minimum atomic E-state index is 1.09. The Morgan fingerprint density at radius 2 is 1.38 bits per heavy atom. The van der Waals surface area contributed by atoms with Gasteiger partial charge in [-0.15, -0.1) is 0 Å². The highest BCUT2D eigenvalue weighted by Crippen LogP contribution is 2.03. The monoisotopic (exact) mass is 175 g/mol. The second-order valence-electron chi connectivity index (χ2n) is 3.40. The van der Waals surface area contributed by atoms with Crippen LogP contribution in [0, 0.1) is 6.08 Å². The fourth-order valence-corrected chi connectivity index (χ4v) is 1.37. The van der Waals surface area contributed by atoms with Crippen molar-refractivity contribution in [3.05, 3.63) is 36.5 Å². The van der Waals surface area contributed by atoms with Gasteiger partial charge in [-0.05, 0) is 51.0 Å². The van der Waals surface area contributed by atoms with E-state index in [1.54, 1.807) is 0 Å². The SMILES string of the molecule is [C]1=CCCCC=CCCC=CCC1. The van der Waals surface area contributed by atoms with Crippen LogP contribution in [0.5, 0.6) is 0 Å². The zero-order valence-electron chi connectivity index (χ0n) is 8.34. The Kier molecular flexibility index (Phi) is 6.22. The van der Waals surface area contributed by atoms with Crippen LogP contribution in [0.15, 0.2) is 30.4 Å². The summed E-state index contributed by atoms with van der Waals surface area (Å²) in [4.78, 5) is 0. The number of rotatable bonds is 0. The molecule has 0 aromatic carbocycles. The Balaban J connectivity index is 2.27. The van der Waals surface area contributed by atoms with E-state index in [-0.39, 0.29) is 0 Å². The summed E-state index contributed by atoms with van der Waals surface area (Å²) in [5.74, 6) is 0. The van der Waals surface area contributed by atoms with Crippen molar-refractivity contribution in [3.8, 4) is 0 Å². The molecule has 0 spiro atoms. The lowest BCUT2D eigenvalue weighted by molar-refractivity contribution is 0.856. The molecular formula is C13H19. The van der Waals surface area contributed by atoms with E-state index in [0.29, 0.717) is 0 Å². The first-order valence-electron chi connectivity index (χ1n) is 5.35. The number of hydrogen-bond acceptors (Lipinski definition) is 0. The maximum Gasteiger partial charge on any atom is -0.0245 e. The van der Waals surface area contributed by atoms with Crippen molar-refractivity contribution in [2.75, 3.05) is 0 Å². The predicted molar refractivity (Wildman–Crippen MR) is 58.4 cm³/mol. The lowest BCUT2D eigenvalue weighted by Crippen LogP contribution is -1.70. The van der Waals surface area contributed by atoms with E-state index >= 15 is 0 Å². The van der Waals surface area contributed by atoms with Gasteiger partial charge in [0.2, 0.25) is 0 Å². The van der Waals surface area contributed by atoms with Crippen LogP contribution in [-0.2, 0) is 0 Å². The molecule has 1 aliphatic rings. The molecule has 0 saturated heterocycles. The largest absolute Gasteiger partial charge is 0.0885 e. The molecule has 13 heavy (non-hydrogen) atoms. The fraction of sp³-hybridized carbons (Fsp3) is 0.538. The molecule has 0 aromatic rings. The molecule has 0 heterocycles. The lowest BCUT2D eigenvalue weighted by Gasteiger charge is -1.89. The summed E-state index contributed by atoms with van der Waals surface area (Å²) in [6.45, 7) is 0. The highest BCUT2D eigenvalue weighted by molar-refractivity contribution is 4.90. The van der Waals surface area contributed by atoms with E-state index in [9.17, 15) is 0 Å². The van der Waals surface area contributed by atoms with E-state index in [1.165, 1.54) is 32.1 Å². The van der Waals surface area contributed by atoms with Crippen LogP contribution in [0.1, 0.15) is 44.9 Å². The Morgan fingerprint density at radius 3 is 2.23 bits per heavy atom. The average molecular weight is 175 g/mol. The first kappa shape index (κ1) is 10.3. The lowest BCUT2D eigenvalue weighted by atomic mass is 10.2. The molecule has 0 nitrogen and oxygen atoms in total. The molecule has 0 fully saturated rings. The van der Waals surface area contributed by atoms with Crippen molar-refractivity contribution in [3.63, 3.8) is 0 Å². The van der Waals surface area contributed by atoms with E-state index in [0.717, 1.165) is 12.8 Å². The van der Waals surface area contributed by atoms with E-state index < -0.39 is 0 Å². The summed E-state index contributed by atoms with van der Waals surface area (Å²) in [6, 6.07) is 0. The maximum atomic E-state index is 3.32. The fourth-order valence-electron chi connectivity index (χ4n) is 1.37. The topological polar surface area (TPSA) is 0 Å². The number of hydrogen-bond donors (Lipinski definition) is 0. The standard InChI is InChI=1S/C13H19/c1-2-4-6-8-10-12-13-11-9-7-5-3-1/h1-2,7,9-10H,3-6,8,11,13H2. The van der Waals surface area contributed by atoms with Gasteiger partial charge < -0.3 is 0 Å². The third-order valence-electron chi connectivity index (χ3n) is 2.15. The molecule has 0 aromatic heterocycles. The summed E-state index contributed by atoms with van der Waals surface area (Å²) >= 11 is 0. The molecule has 1 aliphatic carbocycles. The van der Waals surface area contributed by atoms with Crippen LogP contribution in [-0.4, -0.2) is 0 Å². The van der Waals surface area contributed by atoms with Gasteiger partial charge in [-0.1, -0.05) is 30.4 Å². The second kappa shape index (κ2) is 7.85. The van der Waals surface area contributed by atoms with Crippen molar-refractivity contribution < 1.29 is 0 Å². The van der Waals surface area contributed by atoms with Gasteiger partial charge in [-0.3, -0.25) is 0 Å². The highest BCUT2D eigenvalue weighted by atomic mass is 13.9. The van der Waals surface area contributed by atoms with Gasteiger partial charge in [0.05, 0.1) is 0 Å². The van der Waals surface area contributed by atoms with Gasteiger partial charge in [0.15, 0.2) is 0 Å². The predicted octanol–water partition coefficient (Wildman–Crippen LogP) is 4.20. The zero-order chi connectivity index (χ0) is 9.19. The van der Waals surface area contributed by atoms with E-state index in [2.05, 4.69) is 36.5 Å². The Morgan fingerprint density at radius 1 is 0.692 bits per heavy atom. The summed E-state index contributed by atoms with van der Waals surface area (Å²) in [5.41, 5.74) is 0. The van der Waals surface area contributed by atoms with Crippen LogP contribution < -0.4 is 0 Å².